The van der Waals surface area contributed by atoms with Crippen molar-refractivity contribution in [1.29, 1.82) is 0 Å². The monoisotopic (exact) mass is 301 g/mol. The van der Waals surface area contributed by atoms with Crippen molar-refractivity contribution < 1.29 is 28.2 Å². The standard InChI is InChI=1S/C12H15NO6S/c1-12(2,3)13-20(18,19)9-6-7(10(14)15)4-5-8(9)11(16)17/h4-6,13H,1-3H3,(H,14,15)(H,16,17). The molecule has 0 aromatic heterocycles. The third kappa shape index (κ3) is 3.78. The number of nitrogens with one attached hydrogen (secondary N) is 1. The molecule has 1 aromatic rings. The zero-order valence-electron chi connectivity index (χ0n) is 11.2. The van der Waals surface area contributed by atoms with E-state index in [0.29, 0.717) is 0 Å². The first kappa shape index (κ1) is 16.1. The molecule has 0 spiro atoms. The van der Waals surface area contributed by atoms with Crippen LogP contribution in [0.4, 0.5) is 0 Å². The topological polar surface area (TPSA) is 121 Å². The molecule has 110 valence electrons. The molecule has 0 aliphatic rings. The van der Waals surface area contributed by atoms with Crippen molar-refractivity contribution in [2.24, 2.45) is 0 Å². The summed E-state index contributed by atoms with van der Waals surface area (Å²) in [6.45, 7) is 4.77. The van der Waals surface area contributed by atoms with E-state index in [1.807, 2.05) is 0 Å². The Morgan fingerprint density at radius 2 is 1.65 bits per heavy atom. The van der Waals surface area contributed by atoms with Gasteiger partial charge in [-0.1, -0.05) is 0 Å². The van der Waals surface area contributed by atoms with Crippen LogP contribution in [0.5, 0.6) is 0 Å². The molecule has 0 fully saturated rings. The minimum Gasteiger partial charge on any atom is -0.478 e. The van der Waals surface area contributed by atoms with Crippen LogP contribution >= 0.6 is 0 Å². The molecule has 0 aliphatic carbocycles. The third-order valence-electron chi connectivity index (χ3n) is 2.19. The van der Waals surface area contributed by atoms with E-state index in [0.717, 1.165) is 18.2 Å². The average Bonchev–Trinajstić information content (AvgIpc) is 2.24. The van der Waals surface area contributed by atoms with E-state index in [4.69, 9.17) is 10.2 Å². The predicted molar refractivity (Wildman–Crippen MR) is 70.4 cm³/mol. The van der Waals surface area contributed by atoms with Gasteiger partial charge >= 0.3 is 11.9 Å². The molecule has 0 heterocycles. The molecular formula is C12H15NO6S. The van der Waals surface area contributed by atoms with Crippen LogP contribution in [0.1, 0.15) is 41.5 Å². The van der Waals surface area contributed by atoms with E-state index in [-0.39, 0.29) is 5.56 Å². The molecule has 0 saturated carbocycles. The molecule has 0 aliphatic heterocycles. The Labute approximate surface area is 116 Å². The predicted octanol–water partition coefficient (Wildman–Crippen LogP) is 1.16. The van der Waals surface area contributed by atoms with Crippen molar-refractivity contribution in [3.05, 3.63) is 29.3 Å². The number of carboxylic acids is 2. The highest BCUT2D eigenvalue weighted by atomic mass is 32.2. The van der Waals surface area contributed by atoms with Crippen molar-refractivity contribution in [3.63, 3.8) is 0 Å². The zero-order valence-corrected chi connectivity index (χ0v) is 12.0. The first-order valence-electron chi connectivity index (χ1n) is 5.59. The summed E-state index contributed by atoms with van der Waals surface area (Å²) in [5.74, 6) is -2.79. The summed E-state index contributed by atoms with van der Waals surface area (Å²) >= 11 is 0. The second-order valence-electron chi connectivity index (χ2n) is 5.18. The summed E-state index contributed by atoms with van der Waals surface area (Å²) in [4.78, 5) is 21.4. The molecule has 3 N–H and O–H groups in total. The highest BCUT2D eigenvalue weighted by Gasteiger charge is 2.27. The Balaban J connectivity index is 3.51. The lowest BCUT2D eigenvalue weighted by molar-refractivity contribution is 0.0677. The van der Waals surface area contributed by atoms with Crippen molar-refractivity contribution in [2.75, 3.05) is 0 Å². The van der Waals surface area contributed by atoms with Crippen LogP contribution in [0.25, 0.3) is 0 Å². The Kier molecular flexibility index (Phi) is 4.21. The number of carbonyl (C=O) groups is 2. The van der Waals surface area contributed by atoms with Crippen LogP contribution in [0.15, 0.2) is 23.1 Å². The van der Waals surface area contributed by atoms with Gasteiger partial charge in [-0.25, -0.2) is 22.7 Å². The Hall–Kier alpha value is -1.93. The Morgan fingerprint density at radius 1 is 1.10 bits per heavy atom. The highest BCUT2D eigenvalue weighted by Crippen LogP contribution is 2.20. The lowest BCUT2D eigenvalue weighted by Crippen LogP contribution is -2.41. The molecular weight excluding hydrogens is 286 g/mol. The number of aromatic carboxylic acids is 2. The van der Waals surface area contributed by atoms with E-state index in [1.54, 1.807) is 20.8 Å². The minimum atomic E-state index is -4.14. The van der Waals surface area contributed by atoms with Crippen LogP contribution in [0.3, 0.4) is 0 Å². The van der Waals surface area contributed by atoms with Gasteiger partial charge in [-0.15, -0.1) is 0 Å². The van der Waals surface area contributed by atoms with Crippen LogP contribution in [0, 0.1) is 0 Å². The van der Waals surface area contributed by atoms with E-state index in [9.17, 15) is 18.0 Å². The number of hydrogen-bond donors (Lipinski definition) is 3. The summed E-state index contributed by atoms with van der Waals surface area (Å²) in [6.07, 6.45) is 0. The SMILES string of the molecule is CC(C)(C)NS(=O)(=O)c1cc(C(=O)O)ccc1C(=O)O. The smallest absolute Gasteiger partial charge is 0.337 e. The molecule has 1 rings (SSSR count). The summed E-state index contributed by atoms with van der Waals surface area (Å²) in [5.41, 5.74) is -1.61. The molecule has 8 heteroatoms. The van der Waals surface area contributed by atoms with Gasteiger partial charge in [0.25, 0.3) is 0 Å². The quantitative estimate of drug-likeness (QED) is 0.767. The molecule has 7 nitrogen and oxygen atoms in total. The fraction of sp³-hybridized carbons (Fsp3) is 0.333. The number of rotatable bonds is 4. The minimum absolute atomic E-state index is 0.302. The maximum Gasteiger partial charge on any atom is 0.337 e. The number of hydrogen-bond acceptors (Lipinski definition) is 4. The van der Waals surface area contributed by atoms with Crippen LogP contribution in [-0.4, -0.2) is 36.1 Å². The van der Waals surface area contributed by atoms with Crippen LogP contribution in [0.2, 0.25) is 0 Å². The molecule has 0 unspecified atom stereocenters. The van der Waals surface area contributed by atoms with Gasteiger partial charge in [0, 0.05) is 5.54 Å². The molecule has 0 radical (unpaired) electrons. The Bertz CT molecular complexity index is 657. The second kappa shape index (κ2) is 5.22. The van der Waals surface area contributed by atoms with Gasteiger partial charge in [0.15, 0.2) is 0 Å². The summed E-state index contributed by atoms with van der Waals surface area (Å²) in [7, 11) is -4.14. The van der Waals surface area contributed by atoms with Gasteiger partial charge in [-0.2, -0.15) is 0 Å². The van der Waals surface area contributed by atoms with Gasteiger partial charge in [-0.05, 0) is 39.0 Å². The van der Waals surface area contributed by atoms with Crippen LogP contribution in [-0.2, 0) is 10.0 Å². The third-order valence-corrected chi connectivity index (χ3v) is 3.99. The first-order chi connectivity index (χ1) is 8.94. The van der Waals surface area contributed by atoms with E-state index in [1.165, 1.54) is 0 Å². The molecule has 20 heavy (non-hydrogen) atoms. The van der Waals surface area contributed by atoms with Crippen LogP contribution < -0.4 is 4.72 Å². The average molecular weight is 301 g/mol. The normalized spacial score (nSPS) is 12.2. The highest BCUT2D eigenvalue weighted by molar-refractivity contribution is 7.89. The maximum absolute atomic E-state index is 12.2. The van der Waals surface area contributed by atoms with E-state index in [2.05, 4.69) is 4.72 Å². The summed E-state index contributed by atoms with van der Waals surface area (Å²) in [5, 5.41) is 17.9. The zero-order chi connectivity index (χ0) is 15.7. The van der Waals surface area contributed by atoms with E-state index >= 15 is 0 Å². The fourth-order valence-corrected chi connectivity index (χ4v) is 3.16. The van der Waals surface area contributed by atoms with Gasteiger partial charge < -0.3 is 10.2 Å². The maximum atomic E-state index is 12.2. The van der Waals surface area contributed by atoms with Gasteiger partial charge in [0.2, 0.25) is 10.0 Å². The molecule has 0 saturated heterocycles. The van der Waals surface area contributed by atoms with Gasteiger partial charge in [0.05, 0.1) is 16.0 Å². The van der Waals surface area contributed by atoms with Crippen molar-refractivity contribution >= 4 is 22.0 Å². The van der Waals surface area contributed by atoms with Gasteiger partial charge in [-0.3, -0.25) is 0 Å². The molecule has 0 amide bonds. The van der Waals surface area contributed by atoms with E-state index < -0.39 is 38.0 Å². The van der Waals surface area contributed by atoms with Gasteiger partial charge in [0.1, 0.15) is 0 Å². The first-order valence-corrected chi connectivity index (χ1v) is 7.07. The molecule has 0 atom stereocenters. The number of sulfonamides is 1. The lowest BCUT2D eigenvalue weighted by Gasteiger charge is -2.21. The van der Waals surface area contributed by atoms with Crippen molar-refractivity contribution in [2.45, 2.75) is 31.2 Å². The summed E-state index contributed by atoms with van der Waals surface area (Å²) in [6, 6.07) is 2.84. The summed E-state index contributed by atoms with van der Waals surface area (Å²) < 4.78 is 26.7. The number of benzene rings is 1. The number of carboxylic acid groups (broad SMARTS) is 2. The lowest BCUT2D eigenvalue weighted by atomic mass is 10.1. The van der Waals surface area contributed by atoms with Crippen molar-refractivity contribution in [1.82, 2.24) is 4.72 Å². The molecule has 1 aromatic carbocycles. The Morgan fingerprint density at radius 3 is 2.05 bits per heavy atom. The second-order valence-corrected chi connectivity index (χ2v) is 6.83. The molecule has 0 bridgehead atoms. The van der Waals surface area contributed by atoms with Crippen molar-refractivity contribution in [3.8, 4) is 0 Å². The largest absolute Gasteiger partial charge is 0.478 e. The fourth-order valence-electron chi connectivity index (χ4n) is 1.51.